The van der Waals surface area contributed by atoms with Gasteiger partial charge < -0.3 is 10.1 Å². The minimum Gasteiger partial charge on any atom is -0.491 e. The molecule has 2 nitrogen and oxygen atoms in total. The van der Waals surface area contributed by atoms with Gasteiger partial charge in [-0.2, -0.15) is 0 Å². The first-order valence-electron chi connectivity index (χ1n) is 7.46. The number of nitrogens with one attached hydrogen (secondary N) is 1. The van der Waals surface area contributed by atoms with E-state index in [0.29, 0.717) is 22.6 Å². The Labute approximate surface area is 135 Å². The summed E-state index contributed by atoms with van der Waals surface area (Å²) < 4.78 is 5.99. The van der Waals surface area contributed by atoms with Crippen LogP contribution in [0.1, 0.15) is 19.3 Å². The normalized spacial score (nSPS) is 18.9. The molecule has 21 heavy (non-hydrogen) atoms. The molecule has 0 aliphatic carbocycles. The molecule has 2 aromatic carbocycles. The maximum Gasteiger partial charge on any atom is 0.145 e. The van der Waals surface area contributed by atoms with E-state index in [4.69, 9.17) is 27.9 Å². The van der Waals surface area contributed by atoms with Crippen LogP contribution < -0.4 is 10.1 Å². The molecule has 1 heterocycles. The number of rotatable bonds is 4. The molecule has 0 bridgehead atoms. The average molecular weight is 324 g/mol. The molecule has 3 rings (SSSR count). The average Bonchev–Trinajstić information content (AvgIpc) is 2.51. The fourth-order valence-electron chi connectivity index (χ4n) is 2.92. The number of hydrogen-bond acceptors (Lipinski definition) is 2. The topological polar surface area (TPSA) is 21.3 Å². The largest absolute Gasteiger partial charge is 0.491 e. The maximum atomic E-state index is 6.31. The van der Waals surface area contributed by atoms with Gasteiger partial charge in [-0.3, -0.25) is 0 Å². The van der Waals surface area contributed by atoms with Crippen molar-refractivity contribution < 1.29 is 4.74 Å². The highest BCUT2D eigenvalue weighted by molar-refractivity contribution is 6.39. The fourth-order valence-corrected chi connectivity index (χ4v) is 3.51. The molecule has 0 aromatic heterocycles. The van der Waals surface area contributed by atoms with Gasteiger partial charge in [0.2, 0.25) is 0 Å². The van der Waals surface area contributed by atoms with Gasteiger partial charge >= 0.3 is 0 Å². The van der Waals surface area contributed by atoms with Crippen LogP contribution in [-0.4, -0.2) is 19.7 Å². The van der Waals surface area contributed by atoms with Crippen molar-refractivity contribution >= 4 is 34.0 Å². The van der Waals surface area contributed by atoms with Crippen LogP contribution in [0.4, 0.5) is 0 Å². The van der Waals surface area contributed by atoms with Crippen molar-refractivity contribution in [2.75, 3.05) is 19.7 Å². The molecule has 1 saturated heterocycles. The summed E-state index contributed by atoms with van der Waals surface area (Å²) in [5.74, 6) is 1.46. The molecule has 1 fully saturated rings. The van der Waals surface area contributed by atoms with Crippen molar-refractivity contribution in [3.63, 3.8) is 0 Å². The summed E-state index contributed by atoms with van der Waals surface area (Å²) in [6.45, 7) is 2.93. The monoisotopic (exact) mass is 323 g/mol. The third-order valence-corrected chi connectivity index (χ3v) is 4.66. The number of halogens is 2. The molecule has 0 unspecified atom stereocenters. The highest BCUT2D eigenvalue weighted by Crippen LogP contribution is 2.38. The zero-order valence-electron chi connectivity index (χ0n) is 11.9. The molecule has 0 saturated carbocycles. The molecule has 1 aliphatic rings. The van der Waals surface area contributed by atoms with Gasteiger partial charge in [0, 0.05) is 10.8 Å². The fraction of sp³-hybridized carbons (Fsp3) is 0.412. The van der Waals surface area contributed by atoms with Crippen LogP contribution in [0.5, 0.6) is 5.75 Å². The van der Waals surface area contributed by atoms with E-state index in [9.17, 15) is 0 Å². The minimum absolute atomic E-state index is 0.584. The van der Waals surface area contributed by atoms with Crippen LogP contribution in [0.3, 0.4) is 0 Å². The Hall–Kier alpha value is -0.960. The summed E-state index contributed by atoms with van der Waals surface area (Å²) in [4.78, 5) is 0. The van der Waals surface area contributed by atoms with E-state index in [1.165, 1.54) is 12.8 Å². The number of piperidine rings is 1. The summed E-state index contributed by atoms with van der Waals surface area (Å²) in [6, 6.07) is 9.71. The van der Waals surface area contributed by atoms with E-state index in [1.54, 1.807) is 6.07 Å². The van der Waals surface area contributed by atoms with Crippen LogP contribution in [0, 0.1) is 5.92 Å². The molecular weight excluding hydrogens is 305 g/mol. The third-order valence-electron chi connectivity index (χ3n) is 4.07. The van der Waals surface area contributed by atoms with E-state index in [2.05, 4.69) is 5.32 Å². The number of fused-ring (bicyclic) bond motifs is 1. The first-order valence-corrected chi connectivity index (χ1v) is 8.21. The Morgan fingerprint density at radius 2 is 1.95 bits per heavy atom. The highest BCUT2D eigenvalue weighted by atomic mass is 35.5. The molecule has 2 aromatic rings. The van der Waals surface area contributed by atoms with Crippen molar-refractivity contribution in [2.45, 2.75) is 19.3 Å². The van der Waals surface area contributed by atoms with Gasteiger partial charge in [-0.15, -0.1) is 0 Å². The maximum absolute atomic E-state index is 6.31. The standard InChI is InChI=1S/C17H19Cl2NO/c18-15-10-16(19)17(14-6-2-1-5-13(14)15)21-9-7-12-4-3-8-20-11-12/h1-2,5-6,10,12,20H,3-4,7-9,11H2/t12-/m0/s1. The Balaban J connectivity index is 1.74. The summed E-state index contributed by atoms with van der Waals surface area (Å²) in [6.07, 6.45) is 3.60. The van der Waals surface area contributed by atoms with Gasteiger partial charge in [0.15, 0.2) is 0 Å². The summed E-state index contributed by atoms with van der Waals surface area (Å²) in [5.41, 5.74) is 0. The van der Waals surface area contributed by atoms with Crippen LogP contribution in [0.25, 0.3) is 10.8 Å². The lowest BCUT2D eigenvalue weighted by Crippen LogP contribution is -2.30. The lowest BCUT2D eigenvalue weighted by molar-refractivity contribution is 0.256. The van der Waals surface area contributed by atoms with Crippen molar-refractivity contribution in [3.8, 4) is 5.75 Å². The molecule has 0 amide bonds. The Morgan fingerprint density at radius 1 is 1.14 bits per heavy atom. The lowest BCUT2D eigenvalue weighted by Gasteiger charge is -2.23. The zero-order chi connectivity index (χ0) is 14.7. The molecule has 1 N–H and O–H groups in total. The van der Waals surface area contributed by atoms with Gasteiger partial charge in [-0.25, -0.2) is 0 Å². The molecule has 1 atom stereocenters. The van der Waals surface area contributed by atoms with Gasteiger partial charge in [-0.1, -0.05) is 47.5 Å². The number of benzene rings is 2. The minimum atomic E-state index is 0.584. The Morgan fingerprint density at radius 3 is 2.71 bits per heavy atom. The molecule has 4 heteroatoms. The van der Waals surface area contributed by atoms with Gasteiger partial charge in [-0.05, 0) is 44.3 Å². The number of hydrogen-bond donors (Lipinski definition) is 1. The third kappa shape index (κ3) is 3.45. The smallest absolute Gasteiger partial charge is 0.145 e. The second-order valence-corrected chi connectivity index (χ2v) is 6.38. The highest BCUT2D eigenvalue weighted by Gasteiger charge is 2.15. The zero-order valence-corrected chi connectivity index (χ0v) is 13.4. The van der Waals surface area contributed by atoms with E-state index >= 15 is 0 Å². The summed E-state index contributed by atoms with van der Waals surface area (Å²) in [7, 11) is 0. The molecular formula is C17H19Cl2NO. The quantitative estimate of drug-likeness (QED) is 0.862. The van der Waals surface area contributed by atoms with Crippen LogP contribution >= 0.6 is 23.2 Å². The molecule has 1 aliphatic heterocycles. The predicted molar refractivity (Wildman–Crippen MR) is 89.7 cm³/mol. The summed E-state index contributed by atoms with van der Waals surface area (Å²) in [5, 5.41) is 6.65. The lowest BCUT2D eigenvalue weighted by atomic mass is 9.97. The van der Waals surface area contributed by atoms with E-state index in [0.717, 1.165) is 36.0 Å². The van der Waals surface area contributed by atoms with E-state index in [1.807, 2.05) is 24.3 Å². The van der Waals surface area contributed by atoms with Crippen LogP contribution in [0.15, 0.2) is 30.3 Å². The van der Waals surface area contributed by atoms with Gasteiger partial charge in [0.05, 0.1) is 16.7 Å². The van der Waals surface area contributed by atoms with Crippen LogP contribution in [-0.2, 0) is 0 Å². The van der Waals surface area contributed by atoms with Crippen molar-refractivity contribution in [2.24, 2.45) is 5.92 Å². The predicted octanol–water partition coefficient (Wildman–Crippen LogP) is 4.92. The first kappa shape index (κ1) is 15.0. The Bertz CT molecular complexity index is 623. The van der Waals surface area contributed by atoms with E-state index < -0.39 is 0 Å². The first-order chi connectivity index (χ1) is 10.3. The van der Waals surface area contributed by atoms with E-state index in [-0.39, 0.29) is 0 Å². The molecule has 112 valence electrons. The SMILES string of the molecule is Clc1cc(Cl)c2ccccc2c1OCC[C@@H]1CCCNC1. The van der Waals surface area contributed by atoms with Crippen molar-refractivity contribution in [1.82, 2.24) is 5.32 Å². The van der Waals surface area contributed by atoms with Gasteiger partial charge in [0.1, 0.15) is 5.75 Å². The molecule has 0 spiro atoms. The van der Waals surface area contributed by atoms with Crippen molar-refractivity contribution in [1.29, 1.82) is 0 Å². The van der Waals surface area contributed by atoms with Gasteiger partial charge in [0.25, 0.3) is 0 Å². The van der Waals surface area contributed by atoms with Crippen LogP contribution in [0.2, 0.25) is 10.0 Å². The Kier molecular flexibility index (Phi) is 4.89. The second kappa shape index (κ2) is 6.87. The molecule has 0 radical (unpaired) electrons. The van der Waals surface area contributed by atoms with Crippen molar-refractivity contribution in [3.05, 3.63) is 40.4 Å². The summed E-state index contributed by atoms with van der Waals surface area (Å²) >= 11 is 12.6. The second-order valence-electron chi connectivity index (χ2n) is 5.56. The number of ether oxygens (including phenoxy) is 1.